The van der Waals surface area contributed by atoms with Crippen LogP contribution in [0.15, 0.2) is 12.2 Å². The molecule has 0 rings (SSSR count). The van der Waals surface area contributed by atoms with Gasteiger partial charge >= 0.3 is 5.97 Å². The van der Waals surface area contributed by atoms with Gasteiger partial charge in [-0.15, -0.1) is 0 Å². The summed E-state index contributed by atoms with van der Waals surface area (Å²) in [5.74, 6) is -0.136. The molecule has 0 aromatic rings. The Balaban J connectivity index is 3.19. The van der Waals surface area contributed by atoms with Crippen LogP contribution in [0.1, 0.15) is 96.8 Å². The van der Waals surface area contributed by atoms with Gasteiger partial charge in [-0.25, -0.2) is 0 Å². The fourth-order valence-electron chi connectivity index (χ4n) is 3.01. The Kier molecular flexibility index (Phi) is 24.3. The van der Waals surface area contributed by atoms with E-state index in [1.54, 1.807) is 0 Å². The second kappa shape index (κ2) is 25.1. The molecule has 0 aliphatic rings. The van der Waals surface area contributed by atoms with E-state index < -0.39 is 0 Å². The monoisotopic (exact) mass is 414 g/mol. The van der Waals surface area contributed by atoms with E-state index in [4.69, 9.17) is 19.3 Å². The van der Waals surface area contributed by atoms with E-state index in [2.05, 4.69) is 19.1 Å². The number of aliphatic hydroxyl groups excluding tert-OH is 1. The summed E-state index contributed by atoms with van der Waals surface area (Å²) < 4.78 is 15.5. The third-order valence-electron chi connectivity index (χ3n) is 4.74. The summed E-state index contributed by atoms with van der Waals surface area (Å²) in [6.45, 7) is 4.19. The number of unbranched alkanes of at least 4 members (excludes halogenated alkanes) is 11. The Labute approximate surface area is 179 Å². The van der Waals surface area contributed by atoms with Gasteiger partial charge < -0.3 is 19.3 Å². The highest BCUT2D eigenvalue weighted by Gasteiger charge is 2.02. The van der Waals surface area contributed by atoms with Gasteiger partial charge in [0.1, 0.15) is 6.61 Å². The van der Waals surface area contributed by atoms with Crippen LogP contribution in [-0.2, 0) is 19.0 Å². The van der Waals surface area contributed by atoms with Gasteiger partial charge in [-0.2, -0.15) is 0 Å². The molecule has 0 heterocycles. The number of ether oxygens (including phenoxy) is 3. The van der Waals surface area contributed by atoms with Crippen LogP contribution >= 0.6 is 0 Å². The van der Waals surface area contributed by atoms with Crippen LogP contribution in [0.25, 0.3) is 0 Å². The lowest BCUT2D eigenvalue weighted by Crippen LogP contribution is -2.13. The molecule has 0 bridgehead atoms. The first-order valence-corrected chi connectivity index (χ1v) is 11.9. The van der Waals surface area contributed by atoms with Crippen LogP contribution in [0, 0.1) is 0 Å². The first-order chi connectivity index (χ1) is 14.3. The summed E-state index contributed by atoms with van der Waals surface area (Å²) >= 11 is 0. The molecule has 0 spiro atoms. The summed E-state index contributed by atoms with van der Waals surface area (Å²) in [6.07, 6.45) is 21.5. The second-order valence-corrected chi connectivity index (χ2v) is 7.50. The minimum absolute atomic E-state index is 0.0218. The molecule has 0 radical (unpaired) electrons. The van der Waals surface area contributed by atoms with Crippen LogP contribution in [-0.4, -0.2) is 50.7 Å². The maximum atomic E-state index is 11.6. The van der Waals surface area contributed by atoms with Crippen molar-refractivity contribution in [2.75, 3.05) is 39.6 Å². The molecule has 29 heavy (non-hydrogen) atoms. The summed E-state index contributed by atoms with van der Waals surface area (Å²) in [4.78, 5) is 11.6. The minimum atomic E-state index is -0.136. The Morgan fingerprint density at radius 1 is 0.690 bits per heavy atom. The zero-order valence-electron chi connectivity index (χ0n) is 18.9. The largest absolute Gasteiger partial charge is 0.463 e. The Morgan fingerprint density at radius 3 is 1.83 bits per heavy atom. The zero-order chi connectivity index (χ0) is 21.3. The average Bonchev–Trinajstić information content (AvgIpc) is 2.72. The molecule has 172 valence electrons. The fraction of sp³-hybridized carbons (Fsp3) is 0.875. The molecule has 5 heteroatoms. The van der Waals surface area contributed by atoms with Crippen molar-refractivity contribution >= 4 is 5.97 Å². The topological polar surface area (TPSA) is 65.0 Å². The molecule has 0 amide bonds. The Hall–Kier alpha value is -0.910. The molecule has 0 saturated heterocycles. The molecule has 1 N–H and O–H groups in total. The van der Waals surface area contributed by atoms with E-state index >= 15 is 0 Å². The van der Waals surface area contributed by atoms with Crippen molar-refractivity contribution in [3.05, 3.63) is 12.2 Å². The van der Waals surface area contributed by atoms with Crippen molar-refractivity contribution in [3.63, 3.8) is 0 Å². The molecule has 0 aliphatic carbocycles. The molecule has 0 aromatic carbocycles. The number of aliphatic hydroxyl groups is 1. The van der Waals surface area contributed by atoms with E-state index in [0.717, 1.165) is 12.8 Å². The predicted octanol–water partition coefficient (Wildman–Crippen LogP) is 5.59. The minimum Gasteiger partial charge on any atom is -0.463 e. The standard InChI is InChI=1S/C24H46O5/c1-2-3-4-5-6-7-8-9-10-11-12-13-14-15-16-17-24(26)29-23-22-28-21-20-27-19-18-25/h9-10,25H,2-8,11-23H2,1H3/b10-9+. The first kappa shape index (κ1) is 28.1. The summed E-state index contributed by atoms with van der Waals surface area (Å²) in [5, 5.41) is 8.55. The third kappa shape index (κ3) is 25.1. The second-order valence-electron chi connectivity index (χ2n) is 7.50. The predicted molar refractivity (Wildman–Crippen MR) is 119 cm³/mol. The van der Waals surface area contributed by atoms with Crippen LogP contribution in [0.4, 0.5) is 0 Å². The number of hydrogen-bond donors (Lipinski definition) is 1. The molecular weight excluding hydrogens is 368 g/mol. The molecule has 0 fully saturated rings. The average molecular weight is 415 g/mol. The van der Waals surface area contributed by atoms with E-state index in [-0.39, 0.29) is 12.6 Å². The van der Waals surface area contributed by atoms with Gasteiger partial charge in [0.25, 0.3) is 0 Å². The molecule has 0 unspecified atom stereocenters. The van der Waals surface area contributed by atoms with Crippen molar-refractivity contribution in [3.8, 4) is 0 Å². The van der Waals surface area contributed by atoms with Gasteiger partial charge in [0.05, 0.1) is 33.0 Å². The van der Waals surface area contributed by atoms with Crippen molar-refractivity contribution in [2.45, 2.75) is 96.8 Å². The van der Waals surface area contributed by atoms with E-state index in [1.807, 2.05) is 0 Å². The quantitative estimate of drug-likeness (QED) is 0.134. The fourth-order valence-corrected chi connectivity index (χ4v) is 3.01. The number of carbonyl (C=O) groups is 1. The highest BCUT2D eigenvalue weighted by Crippen LogP contribution is 2.10. The molecule has 5 nitrogen and oxygen atoms in total. The van der Waals surface area contributed by atoms with Crippen LogP contribution in [0.2, 0.25) is 0 Å². The number of hydrogen-bond acceptors (Lipinski definition) is 5. The first-order valence-electron chi connectivity index (χ1n) is 11.9. The van der Waals surface area contributed by atoms with Gasteiger partial charge in [-0.05, 0) is 32.1 Å². The van der Waals surface area contributed by atoms with Crippen molar-refractivity contribution in [1.82, 2.24) is 0 Å². The molecule has 0 aliphatic heterocycles. The molecule has 0 atom stereocenters. The van der Waals surface area contributed by atoms with Gasteiger partial charge in [-0.3, -0.25) is 4.79 Å². The van der Waals surface area contributed by atoms with Gasteiger partial charge in [0.2, 0.25) is 0 Å². The zero-order valence-corrected chi connectivity index (χ0v) is 18.9. The SMILES string of the molecule is CCCCCCCC/C=C/CCCCCCCC(=O)OCCOCCOCCO. The summed E-state index contributed by atoms with van der Waals surface area (Å²) in [7, 11) is 0. The van der Waals surface area contributed by atoms with Gasteiger partial charge in [0.15, 0.2) is 0 Å². The smallest absolute Gasteiger partial charge is 0.305 e. The van der Waals surface area contributed by atoms with Crippen LogP contribution in [0.5, 0.6) is 0 Å². The normalized spacial score (nSPS) is 11.4. The number of esters is 1. The number of carbonyl (C=O) groups excluding carboxylic acids is 1. The lowest BCUT2D eigenvalue weighted by Gasteiger charge is -2.06. The molecule has 0 aromatic heterocycles. The van der Waals surface area contributed by atoms with E-state index in [0.29, 0.717) is 39.5 Å². The number of allylic oxidation sites excluding steroid dienone is 2. The molecular formula is C24H46O5. The highest BCUT2D eigenvalue weighted by molar-refractivity contribution is 5.69. The van der Waals surface area contributed by atoms with Crippen molar-refractivity contribution < 1.29 is 24.1 Å². The Morgan fingerprint density at radius 2 is 1.21 bits per heavy atom. The Bertz CT molecular complexity index is 357. The summed E-state index contributed by atoms with van der Waals surface area (Å²) in [5.41, 5.74) is 0. The van der Waals surface area contributed by atoms with Crippen molar-refractivity contribution in [2.24, 2.45) is 0 Å². The van der Waals surface area contributed by atoms with Crippen LogP contribution < -0.4 is 0 Å². The van der Waals surface area contributed by atoms with E-state index in [9.17, 15) is 4.79 Å². The maximum absolute atomic E-state index is 11.6. The molecule has 0 saturated carbocycles. The van der Waals surface area contributed by atoms with Gasteiger partial charge in [0, 0.05) is 6.42 Å². The lowest BCUT2D eigenvalue weighted by atomic mass is 10.1. The van der Waals surface area contributed by atoms with Crippen molar-refractivity contribution in [1.29, 1.82) is 0 Å². The lowest BCUT2D eigenvalue weighted by molar-refractivity contribution is -0.145. The van der Waals surface area contributed by atoms with E-state index in [1.165, 1.54) is 70.6 Å². The van der Waals surface area contributed by atoms with Crippen LogP contribution in [0.3, 0.4) is 0 Å². The summed E-state index contributed by atoms with van der Waals surface area (Å²) in [6, 6.07) is 0. The third-order valence-corrected chi connectivity index (χ3v) is 4.74. The highest BCUT2D eigenvalue weighted by atomic mass is 16.6. The number of rotatable bonds is 23. The van der Waals surface area contributed by atoms with Gasteiger partial charge in [-0.1, -0.05) is 70.4 Å². The maximum Gasteiger partial charge on any atom is 0.305 e.